The molecule has 1 atom stereocenters. The molecule has 7 heteroatoms. The average molecular weight is 321 g/mol. The fraction of sp³-hybridized carbons (Fsp3) is 0.400. The van der Waals surface area contributed by atoms with Crippen LogP contribution in [0.1, 0.15) is 16.9 Å². The van der Waals surface area contributed by atoms with Gasteiger partial charge in [0, 0.05) is 10.7 Å². The van der Waals surface area contributed by atoms with Gasteiger partial charge in [0.25, 0.3) is 5.91 Å². The van der Waals surface area contributed by atoms with E-state index in [1.54, 1.807) is 24.0 Å². The standard InChI is InChI=1S/C10H13BrN2O3S/c1-17-3-2-7(10(15)16)13-9(14)8-4-6(11)5-12-8/h4-5,7,12H,2-3H2,1H3,(H,13,14)(H,15,16)/t7-/m1/s1. The van der Waals surface area contributed by atoms with Crippen LogP contribution >= 0.6 is 27.7 Å². The summed E-state index contributed by atoms with van der Waals surface area (Å²) in [6.45, 7) is 0. The molecule has 0 saturated carbocycles. The van der Waals surface area contributed by atoms with Crippen LogP contribution in [0.15, 0.2) is 16.7 Å². The van der Waals surface area contributed by atoms with Crippen LogP contribution in [0, 0.1) is 0 Å². The lowest BCUT2D eigenvalue weighted by Crippen LogP contribution is -2.41. The lowest BCUT2D eigenvalue weighted by atomic mass is 10.2. The zero-order valence-corrected chi connectivity index (χ0v) is 11.6. The number of aromatic nitrogens is 1. The third-order valence-electron chi connectivity index (χ3n) is 2.11. The fourth-order valence-corrected chi connectivity index (χ4v) is 2.04. The van der Waals surface area contributed by atoms with Crippen molar-refractivity contribution in [2.24, 2.45) is 0 Å². The van der Waals surface area contributed by atoms with E-state index in [0.717, 1.165) is 4.47 Å². The molecule has 0 aliphatic rings. The van der Waals surface area contributed by atoms with Crippen LogP contribution in [-0.2, 0) is 4.79 Å². The summed E-state index contributed by atoms with van der Waals surface area (Å²) in [4.78, 5) is 25.4. The normalized spacial score (nSPS) is 12.1. The van der Waals surface area contributed by atoms with Crippen LogP contribution in [0.5, 0.6) is 0 Å². The van der Waals surface area contributed by atoms with E-state index in [4.69, 9.17) is 5.11 Å². The molecule has 1 heterocycles. The fourth-order valence-electron chi connectivity index (χ4n) is 1.23. The van der Waals surface area contributed by atoms with Crippen LogP contribution < -0.4 is 5.32 Å². The number of amides is 1. The first-order chi connectivity index (χ1) is 8.04. The van der Waals surface area contributed by atoms with Crippen molar-refractivity contribution in [3.8, 4) is 0 Å². The number of carbonyl (C=O) groups excluding carboxylic acids is 1. The Bertz CT molecular complexity index is 408. The predicted molar refractivity (Wildman–Crippen MR) is 70.4 cm³/mol. The summed E-state index contributed by atoms with van der Waals surface area (Å²) in [5, 5.41) is 11.4. The molecular formula is C10H13BrN2O3S. The number of carboxylic acids is 1. The van der Waals surface area contributed by atoms with Crippen LogP contribution in [0.4, 0.5) is 0 Å². The van der Waals surface area contributed by atoms with E-state index in [-0.39, 0.29) is 0 Å². The van der Waals surface area contributed by atoms with Gasteiger partial charge in [-0.05, 0) is 40.4 Å². The van der Waals surface area contributed by atoms with Crippen LogP contribution in [0.2, 0.25) is 0 Å². The van der Waals surface area contributed by atoms with E-state index < -0.39 is 17.9 Å². The van der Waals surface area contributed by atoms with Gasteiger partial charge in [0.2, 0.25) is 0 Å². The second-order valence-corrected chi connectivity index (χ2v) is 5.28. The number of H-pyrrole nitrogens is 1. The first kappa shape index (κ1) is 14.1. The van der Waals surface area contributed by atoms with E-state index in [1.165, 1.54) is 0 Å². The topological polar surface area (TPSA) is 82.2 Å². The Morgan fingerprint density at radius 3 is 2.82 bits per heavy atom. The van der Waals surface area contributed by atoms with Crippen molar-refractivity contribution in [1.29, 1.82) is 0 Å². The van der Waals surface area contributed by atoms with Gasteiger partial charge in [0.05, 0.1) is 0 Å². The van der Waals surface area contributed by atoms with Gasteiger partial charge < -0.3 is 15.4 Å². The summed E-state index contributed by atoms with van der Waals surface area (Å²) in [6, 6.07) is 0.750. The molecule has 3 N–H and O–H groups in total. The zero-order chi connectivity index (χ0) is 12.8. The van der Waals surface area contributed by atoms with Crippen molar-refractivity contribution in [3.63, 3.8) is 0 Å². The van der Waals surface area contributed by atoms with Gasteiger partial charge in [0.1, 0.15) is 11.7 Å². The smallest absolute Gasteiger partial charge is 0.326 e. The molecule has 17 heavy (non-hydrogen) atoms. The number of rotatable bonds is 6. The highest BCUT2D eigenvalue weighted by molar-refractivity contribution is 9.10. The van der Waals surface area contributed by atoms with Crippen LogP contribution in [0.3, 0.4) is 0 Å². The van der Waals surface area contributed by atoms with Crippen molar-refractivity contribution >= 4 is 39.6 Å². The molecular weight excluding hydrogens is 308 g/mol. The Labute approximate surface area is 111 Å². The molecule has 1 aromatic rings. The molecule has 0 spiro atoms. The largest absolute Gasteiger partial charge is 0.480 e. The van der Waals surface area contributed by atoms with E-state index in [9.17, 15) is 9.59 Å². The number of hydrogen-bond acceptors (Lipinski definition) is 3. The molecule has 1 amide bonds. The molecule has 0 aliphatic heterocycles. The highest BCUT2D eigenvalue weighted by atomic mass is 79.9. The Morgan fingerprint density at radius 1 is 1.65 bits per heavy atom. The Morgan fingerprint density at radius 2 is 2.35 bits per heavy atom. The van der Waals surface area contributed by atoms with Gasteiger partial charge in [-0.25, -0.2) is 4.79 Å². The minimum atomic E-state index is -1.02. The minimum absolute atomic E-state index is 0.340. The maximum Gasteiger partial charge on any atom is 0.326 e. The minimum Gasteiger partial charge on any atom is -0.480 e. The van der Waals surface area contributed by atoms with Gasteiger partial charge in [-0.15, -0.1) is 0 Å². The first-order valence-electron chi connectivity index (χ1n) is 4.91. The van der Waals surface area contributed by atoms with Gasteiger partial charge in [-0.2, -0.15) is 11.8 Å². The van der Waals surface area contributed by atoms with Crippen LogP contribution in [0.25, 0.3) is 0 Å². The van der Waals surface area contributed by atoms with E-state index in [0.29, 0.717) is 17.9 Å². The van der Waals surface area contributed by atoms with Gasteiger partial charge in [-0.3, -0.25) is 4.79 Å². The highest BCUT2D eigenvalue weighted by Crippen LogP contribution is 2.11. The summed E-state index contributed by atoms with van der Waals surface area (Å²) in [6.07, 6.45) is 3.92. The summed E-state index contributed by atoms with van der Waals surface area (Å²) in [5.74, 6) is -0.742. The highest BCUT2D eigenvalue weighted by Gasteiger charge is 2.20. The van der Waals surface area contributed by atoms with Crippen molar-refractivity contribution in [2.45, 2.75) is 12.5 Å². The molecule has 5 nitrogen and oxygen atoms in total. The summed E-state index contributed by atoms with van der Waals surface area (Å²) in [5.41, 5.74) is 0.340. The van der Waals surface area contributed by atoms with Gasteiger partial charge >= 0.3 is 5.97 Å². The second-order valence-electron chi connectivity index (χ2n) is 3.38. The summed E-state index contributed by atoms with van der Waals surface area (Å²) < 4.78 is 0.749. The lowest BCUT2D eigenvalue weighted by molar-refractivity contribution is -0.139. The third kappa shape index (κ3) is 4.43. The quantitative estimate of drug-likeness (QED) is 0.745. The third-order valence-corrected chi connectivity index (χ3v) is 3.21. The molecule has 0 fully saturated rings. The SMILES string of the molecule is CSCC[C@@H](NC(=O)c1cc(Br)c[nH]1)C(=O)O. The molecule has 0 radical (unpaired) electrons. The number of aromatic amines is 1. The summed E-state index contributed by atoms with van der Waals surface area (Å²) in [7, 11) is 0. The Balaban J connectivity index is 2.60. The molecule has 0 saturated heterocycles. The van der Waals surface area contributed by atoms with Crippen molar-refractivity contribution in [3.05, 3.63) is 22.4 Å². The number of nitrogens with one attached hydrogen (secondary N) is 2. The molecule has 0 aliphatic carbocycles. The van der Waals surface area contributed by atoms with E-state index >= 15 is 0 Å². The Kier molecular flexibility index (Phi) is 5.57. The maximum absolute atomic E-state index is 11.7. The monoisotopic (exact) mass is 320 g/mol. The van der Waals surface area contributed by atoms with Gasteiger partial charge in [0.15, 0.2) is 0 Å². The predicted octanol–water partition coefficient (Wildman–Crippen LogP) is 1.71. The number of halogens is 1. The number of hydrogen-bond donors (Lipinski definition) is 3. The second kappa shape index (κ2) is 6.70. The number of carboxylic acid groups (broad SMARTS) is 1. The summed E-state index contributed by atoms with van der Waals surface area (Å²) >= 11 is 4.75. The molecule has 1 aromatic heterocycles. The number of carbonyl (C=O) groups is 2. The first-order valence-corrected chi connectivity index (χ1v) is 7.09. The van der Waals surface area contributed by atoms with Crippen molar-refractivity contribution in [1.82, 2.24) is 10.3 Å². The Hall–Kier alpha value is -0.950. The number of aliphatic carboxylic acids is 1. The van der Waals surface area contributed by atoms with Crippen molar-refractivity contribution in [2.75, 3.05) is 12.0 Å². The van der Waals surface area contributed by atoms with Gasteiger partial charge in [-0.1, -0.05) is 0 Å². The molecule has 1 rings (SSSR count). The van der Waals surface area contributed by atoms with Crippen molar-refractivity contribution < 1.29 is 14.7 Å². The van der Waals surface area contributed by atoms with E-state index in [2.05, 4.69) is 26.2 Å². The number of thioether (sulfide) groups is 1. The van der Waals surface area contributed by atoms with Crippen LogP contribution in [-0.4, -0.2) is 40.0 Å². The molecule has 0 unspecified atom stereocenters. The molecule has 94 valence electrons. The zero-order valence-electron chi connectivity index (χ0n) is 9.20. The maximum atomic E-state index is 11.7. The molecule has 0 aromatic carbocycles. The van der Waals surface area contributed by atoms with E-state index in [1.807, 2.05) is 6.26 Å². The lowest BCUT2D eigenvalue weighted by Gasteiger charge is -2.13. The molecule has 0 bridgehead atoms. The average Bonchev–Trinajstić information content (AvgIpc) is 2.70.